The van der Waals surface area contributed by atoms with E-state index >= 15 is 0 Å². The number of carbonyl (C=O) groups is 4. The van der Waals surface area contributed by atoms with Gasteiger partial charge >= 0.3 is 23.9 Å². The van der Waals surface area contributed by atoms with Crippen molar-refractivity contribution in [2.75, 3.05) is 26.4 Å². The quantitative estimate of drug-likeness (QED) is 0.0617. The van der Waals surface area contributed by atoms with Crippen LogP contribution in [0.5, 0.6) is 0 Å². The first-order valence-corrected chi connectivity index (χ1v) is 17.9. The van der Waals surface area contributed by atoms with Crippen LogP contribution >= 0.6 is 0 Å². The lowest BCUT2D eigenvalue weighted by Gasteiger charge is -2.26. The Bertz CT molecular complexity index is 879. The van der Waals surface area contributed by atoms with E-state index in [9.17, 15) is 19.2 Å². The van der Waals surface area contributed by atoms with Crippen molar-refractivity contribution in [2.24, 2.45) is 23.7 Å². The summed E-state index contributed by atoms with van der Waals surface area (Å²) in [4.78, 5) is 51.0. The standard InChI is InChI=1S/C35H56O10/c1-3-5-12-16-40-32(36)24-20-28-30(44-28)22-26(24)34(38)42-18-14-10-8-7-9-11-15-19-43-35(39)27-23-31-29(45-31)21-25(27)33(37)41-17-13-6-4-2/h24-31H,3-23H2,1-2H3. The lowest BCUT2D eigenvalue weighted by Crippen LogP contribution is -2.37. The summed E-state index contributed by atoms with van der Waals surface area (Å²) in [5, 5.41) is 0. The molecule has 0 radical (unpaired) electrons. The first-order valence-electron chi connectivity index (χ1n) is 17.9. The predicted octanol–water partition coefficient (Wildman–Crippen LogP) is 5.86. The Morgan fingerprint density at radius 2 is 0.667 bits per heavy atom. The van der Waals surface area contributed by atoms with Crippen molar-refractivity contribution in [3.63, 3.8) is 0 Å². The van der Waals surface area contributed by atoms with Crippen molar-refractivity contribution < 1.29 is 47.6 Å². The molecule has 45 heavy (non-hydrogen) atoms. The molecule has 2 saturated heterocycles. The monoisotopic (exact) mass is 636 g/mol. The number of epoxide rings is 2. The number of ether oxygens (including phenoxy) is 6. The Hall–Kier alpha value is -2.20. The predicted molar refractivity (Wildman–Crippen MR) is 165 cm³/mol. The second kappa shape index (κ2) is 18.8. The van der Waals surface area contributed by atoms with Gasteiger partial charge in [0, 0.05) is 0 Å². The highest BCUT2D eigenvalue weighted by Crippen LogP contribution is 2.45. The minimum Gasteiger partial charge on any atom is -0.465 e. The van der Waals surface area contributed by atoms with Crippen LogP contribution in [0.1, 0.15) is 123 Å². The molecule has 4 fully saturated rings. The molecular weight excluding hydrogens is 580 g/mol. The summed E-state index contributed by atoms with van der Waals surface area (Å²) in [7, 11) is 0. The molecular formula is C35H56O10. The molecule has 10 nitrogen and oxygen atoms in total. The second-order valence-electron chi connectivity index (χ2n) is 13.4. The van der Waals surface area contributed by atoms with Crippen molar-refractivity contribution in [3.8, 4) is 0 Å². The van der Waals surface area contributed by atoms with Crippen LogP contribution in [0.25, 0.3) is 0 Å². The Kier molecular flexibility index (Phi) is 14.9. The van der Waals surface area contributed by atoms with Crippen LogP contribution in [0.2, 0.25) is 0 Å². The van der Waals surface area contributed by atoms with Crippen molar-refractivity contribution in [1.82, 2.24) is 0 Å². The zero-order chi connectivity index (χ0) is 32.0. The van der Waals surface area contributed by atoms with Crippen LogP contribution in [0.4, 0.5) is 0 Å². The van der Waals surface area contributed by atoms with Gasteiger partial charge in [-0.15, -0.1) is 0 Å². The fourth-order valence-corrected chi connectivity index (χ4v) is 6.80. The Morgan fingerprint density at radius 1 is 0.422 bits per heavy atom. The van der Waals surface area contributed by atoms with E-state index in [1.54, 1.807) is 0 Å². The molecule has 0 N–H and O–H groups in total. The molecule has 0 amide bonds. The van der Waals surface area contributed by atoms with Gasteiger partial charge in [0.1, 0.15) is 0 Å². The van der Waals surface area contributed by atoms with Crippen LogP contribution in [0.3, 0.4) is 0 Å². The Labute approximate surface area is 268 Å². The van der Waals surface area contributed by atoms with Crippen LogP contribution in [0.15, 0.2) is 0 Å². The van der Waals surface area contributed by atoms with E-state index in [0.717, 1.165) is 83.5 Å². The third-order valence-corrected chi connectivity index (χ3v) is 9.76. The summed E-state index contributed by atoms with van der Waals surface area (Å²) in [5.74, 6) is -3.09. The van der Waals surface area contributed by atoms with Gasteiger partial charge in [0.15, 0.2) is 0 Å². The van der Waals surface area contributed by atoms with Crippen LogP contribution in [0, 0.1) is 23.7 Å². The van der Waals surface area contributed by atoms with Crippen molar-refractivity contribution in [3.05, 3.63) is 0 Å². The van der Waals surface area contributed by atoms with Crippen LogP contribution in [-0.4, -0.2) is 74.7 Å². The van der Waals surface area contributed by atoms with Crippen LogP contribution in [-0.2, 0) is 47.6 Å². The van der Waals surface area contributed by atoms with E-state index in [-0.39, 0.29) is 48.3 Å². The maximum atomic E-state index is 12.8. The molecule has 4 rings (SSSR count). The van der Waals surface area contributed by atoms with E-state index in [1.807, 2.05) is 0 Å². The van der Waals surface area contributed by atoms with Gasteiger partial charge in [0.05, 0.1) is 74.5 Å². The van der Waals surface area contributed by atoms with Gasteiger partial charge in [-0.25, -0.2) is 0 Å². The molecule has 2 aliphatic carbocycles. The highest BCUT2D eigenvalue weighted by Gasteiger charge is 2.54. The van der Waals surface area contributed by atoms with Gasteiger partial charge in [0.2, 0.25) is 0 Å². The number of rotatable bonds is 22. The number of fused-ring (bicyclic) bond motifs is 2. The van der Waals surface area contributed by atoms with Gasteiger partial charge in [-0.1, -0.05) is 71.6 Å². The zero-order valence-corrected chi connectivity index (χ0v) is 27.6. The van der Waals surface area contributed by atoms with E-state index in [0.29, 0.717) is 52.1 Å². The molecule has 2 saturated carbocycles. The average Bonchev–Trinajstić information content (AvgIpc) is 3.97. The molecule has 8 atom stereocenters. The lowest BCUT2D eigenvalue weighted by atomic mass is 9.79. The van der Waals surface area contributed by atoms with Gasteiger partial charge in [0.25, 0.3) is 0 Å². The summed E-state index contributed by atoms with van der Waals surface area (Å²) in [5.41, 5.74) is 0. The summed E-state index contributed by atoms with van der Waals surface area (Å²) in [6.45, 7) is 5.73. The summed E-state index contributed by atoms with van der Waals surface area (Å²) >= 11 is 0. The zero-order valence-electron chi connectivity index (χ0n) is 27.6. The Morgan fingerprint density at radius 3 is 0.933 bits per heavy atom. The summed E-state index contributed by atoms with van der Waals surface area (Å²) in [6, 6.07) is 0. The van der Waals surface area contributed by atoms with Crippen LogP contribution < -0.4 is 0 Å². The minimum atomic E-state index is -0.478. The van der Waals surface area contributed by atoms with Gasteiger partial charge in [-0.3, -0.25) is 19.2 Å². The van der Waals surface area contributed by atoms with Crippen molar-refractivity contribution in [2.45, 2.75) is 147 Å². The second-order valence-corrected chi connectivity index (χ2v) is 13.4. The van der Waals surface area contributed by atoms with Gasteiger partial charge in [-0.2, -0.15) is 0 Å². The van der Waals surface area contributed by atoms with Gasteiger partial charge < -0.3 is 28.4 Å². The maximum absolute atomic E-state index is 12.8. The summed E-state index contributed by atoms with van der Waals surface area (Å²) in [6.07, 6.45) is 15.0. The molecule has 2 heterocycles. The van der Waals surface area contributed by atoms with E-state index in [2.05, 4.69) is 13.8 Å². The van der Waals surface area contributed by atoms with E-state index in [4.69, 9.17) is 28.4 Å². The topological polar surface area (TPSA) is 130 Å². The lowest BCUT2D eigenvalue weighted by molar-refractivity contribution is -0.162. The summed E-state index contributed by atoms with van der Waals surface area (Å²) < 4.78 is 33.3. The highest BCUT2D eigenvalue weighted by atomic mass is 16.6. The molecule has 256 valence electrons. The van der Waals surface area contributed by atoms with E-state index in [1.165, 1.54) is 0 Å². The molecule has 10 heteroatoms. The number of carbonyl (C=O) groups excluding carboxylic acids is 4. The minimum absolute atomic E-state index is 0.0726. The molecule has 2 aliphatic heterocycles. The third-order valence-electron chi connectivity index (χ3n) is 9.76. The Balaban J connectivity index is 1.01. The molecule has 8 unspecified atom stereocenters. The molecule has 4 aliphatic rings. The fraction of sp³-hybridized carbons (Fsp3) is 0.886. The fourth-order valence-electron chi connectivity index (χ4n) is 6.80. The molecule has 0 aromatic rings. The maximum Gasteiger partial charge on any atom is 0.309 e. The highest BCUT2D eigenvalue weighted by molar-refractivity contribution is 5.83. The van der Waals surface area contributed by atoms with E-state index < -0.39 is 23.7 Å². The molecule has 0 spiro atoms. The third kappa shape index (κ3) is 11.5. The first-order chi connectivity index (χ1) is 21.9. The largest absolute Gasteiger partial charge is 0.465 e. The molecule has 0 aromatic heterocycles. The smallest absolute Gasteiger partial charge is 0.309 e. The normalized spacial score (nSPS) is 29.6. The van der Waals surface area contributed by atoms with Crippen molar-refractivity contribution >= 4 is 23.9 Å². The van der Waals surface area contributed by atoms with Crippen molar-refractivity contribution in [1.29, 1.82) is 0 Å². The number of esters is 4. The molecule has 0 aromatic carbocycles. The average molecular weight is 637 g/mol. The first kappa shape index (κ1) is 35.7. The number of unbranched alkanes of at least 4 members (excludes halogenated alkanes) is 10. The molecule has 0 bridgehead atoms. The number of hydrogen-bond donors (Lipinski definition) is 0. The number of hydrogen-bond acceptors (Lipinski definition) is 10. The SMILES string of the molecule is CCCCCOC(=O)C1CC2OC2CC1C(=O)OCCCCCCCCCOC(=O)C1CC2OC2CC1C(=O)OCCCCC. The van der Waals surface area contributed by atoms with Gasteiger partial charge in [-0.05, 0) is 51.4 Å².